The molecule has 1 atom stereocenters. The van der Waals surface area contributed by atoms with Crippen LogP contribution >= 0.6 is 0 Å². The molecular weight excluding hydrogens is 268 g/mol. The maximum atomic E-state index is 12.0. The maximum Gasteiger partial charge on any atom is 0.246 e. The van der Waals surface area contributed by atoms with Crippen molar-refractivity contribution in [3.05, 3.63) is 36.4 Å². The van der Waals surface area contributed by atoms with Gasteiger partial charge in [0.25, 0.3) is 0 Å². The number of carbonyl (C=O) groups is 1. The topological polar surface area (TPSA) is 73.0 Å². The number of nitrogens with one attached hydrogen (secondary N) is 1. The Kier molecular flexibility index (Phi) is 3.85. The van der Waals surface area contributed by atoms with Gasteiger partial charge in [-0.05, 0) is 31.4 Å². The molecule has 6 heteroatoms. The number of amides is 1. The van der Waals surface area contributed by atoms with E-state index in [1.807, 2.05) is 29.9 Å². The van der Waals surface area contributed by atoms with Crippen molar-refractivity contribution in [1.82, 2.24) is 20.0 Å². The molecule has 2 heterocycles. The van der Waals surface area contributed by atoms with E-state index in [0.29, 0.717) is 11.7 Å². The van der Waals surface area contributed by atoms with Crippen molar-refractivity contribution in [2.24, 2.45) is 13.0 Å². The summed E-state index contributed by atoms with van der Waals surface area (Å²) in [6.07, 6.45) is 8.78. The second-order valence-electron chi connectivity index (χ2n) is 5.22. The molecule has 0 fully saturated rings. The van der Waals surface area contributed by atoms with Crippen LogP contribution in [0.1, 0.15) is 25.2 Å². The molecule has 1 amide bonds. The number of hydrogen-bond acceptors (Lipinski definition) is 4. The van der Waals surface area contributed by atoms with E-state index in [1.54, 1.807) is 0 Å². The molecule has 1 aliphatic rings. The van der Waals surface area contributed by atoms with E-state index in [1.165, 1.54) is 0 Å². The van der Waals surface area contributed by atoms with Gasteiger partial charge in [-0.2, -0.15) is 4.98 Å². The van der Waals surface area contributed by atoms with Crippen LogP contribution in [0.3, 0.4) is 0 Å². The summed E-state index contributed by atoms with van der Waals surface area (Å²) in [5.41, 5.74) is 0.883. The molecule has 110 valence electrons. The Morgan fingerprint density at radius 2 is 2.43 bits per heavy atom. The van der Waals surface area contributed by atoms with Gasteiger partial charge in [0.1, 0.15) is 0 Å². The van der Waals surface area contributed by atoms with Gasteiger partial charge in [-0.15, -0.1) is 0 Å². The molecule has 3 rings (SSSR count). The van der Waals surface area contributed by atoms with Gasteiger partial charge in [0, 0.05) is 19.2 Å². The molecule has 1 N–H and O–H groups in total. The number of aryl methyl sites for hydroxylation is 1. The lowest BCUT2D eigenvalue weighted by atomic mass is 9.94. The summed E-state index contributed by atoms with van der Waals surface area (Å²) in [6, 6.07) is 3.84. The first-order chi connectivity index (χ1) is 10.2. The van der Waals surface area contributed by atoms with Crippen LogP contribution in [-0.4, -0.2) is 20.6 Å². The predicted molar refractivity (Wildman–Crippen MR) is 77.0 cm³/mol. The minimum atomic E-state index is 0.0537. The second kappa shape index (κ2) is 5.95. The molecule has 6 nitrogen and oxygen atoms in total. The van der Waals surface area contributed by atoms with E-state index in [-0.39, 0.29) is 18.4 Å². The van der Waals surface area contributed by atoms with Crippen LogP contribution in [0.4, 0.5) is 0 Å². The van der Waals surface area contributed by atoms with Crippen molar-refractivity contribution in [2.45, 2.75) is 25.8 Å². The van der Waals surface area contributed by atoms with Crippen molar-refractivity contribution in [2.75, 3.05) is 0 Å². The number of rotatable bonds is 4. The van der Waals surface area contributed by atoms with Gasteiger partial charge in [0.2, 0.25) is 17.6 Å². The molecule has 0 saturated carbocycles. The van der Waals surface area contributed by atoms with Crippen molar-refractivity contribution in [3.8, 4) is 11.5 Å². The summed E-state index contributed by atoms with van der Waals surface area (Å²) < 4.78 is 7.10. The fourth-order valence-electron chi connectivity index (χ4n) is 2.46. The Balaban J connectivity index is 1.59. The molecule has 0 saturated heterocycles. The molecule has 0 aromatic carbocycles. The molecule has 0 bridgehead atoms. The van der Waals surface area contributed by atoms with Crippen LogP contribution in [0.25, 0.3) is 11.5 Å². The van der Waals surface area contributed by atoms with Gasteiger partial charge >= 0.3 is 0 Å². The van der Waals surface area contributed by atoms with E-state index < -0.39 is 0 Å². The summed E-state index contributed by atoms with van der Waals surface area (Å²) in [4.78, 5) is 16.3. The van der Waals surface area contributed by atoms with Crippen LogP contribution in [0.15, 0.2) is 35.0 Å². The number of hydrogen-bond donors (Lipinski definition) is 1. The monoisotopic (exact) mass is 286 g/mol. The summed E-state index contributed by atoms with van der Waals surface area (Å²) in [5, 5.41) is 6.81. The van der Waals surface area contributed by atoms with E-state index in [9.17, 15) is 4.79 Å². The third-order valence-electron chi connectivity index (χ3n) is 3.69. The highest BCUT2D eigenvalue weighted by Gasteiger charge is 2.19. The molecule has 21 heavy (non-hydrogen) atoms. The van der Waals surface area contributed by atoms with Gasteiger partial charge in [-0.1, -0.05) is 17.3 Å². The first kappa shape index (κ1) is 13.6. The summed E-state index contributed by atoms with van der Waals surface area (Å²) in [6.45, 7) is 0.274. The van der Waals surface area contributed by atoms with Gasteiger partial charge in [-0.25, -0.2) is 0 Å². The number of aromatic nitrogens is 3. The largest absolute Gasteiger partial charge is 0.348 e. The summed E-state index contributed by atoms with van der Waals surface area (Å²) >= 11 is 0. The Hall–Kier alpha value is -2.37. The van der Waals surface area contributed by atoms with Crippen molar-refractivity contribution in [1.29, 1.82) is 0 Å². The molecule has 1 aliphatic carbocycles. The predicted octanol–water partition coefficient (Wildman–Crippen LogP) is 2.05. The highest BCUT2D eigenvalue weighted by atomic mass is 16.5. The number of nitrogens with zero attached hydrogens (tertiary/aromatic N) is 3. The highest BCUT2D eigenvalue weighted by molar-refractivity contribution is 5.78. The average molecular weight is 286 g/mol. The number of carbonyl (C=O) groups excluding carboxylic acids is 1. The zero-order chi connectivity index (χ0) is 14.7. The minimum Gasteiger partial charge on any atom is -0.348 e. The molecule has 0 spiro atoms. The van der Waals surface area contributed by atoms with Gasteiger partial charge in [0.15, 0.2) is 0 Å². The molecule has 0 aliphatic heterocycles. The van der Waals surface area contributed by atoms with Crippen LogP contribution in [0.2, 0.25) is 0 Å². The smallest absolute Gasteiger partial charge is 0.246 e. The second-order valence-corrected chi connectivity index (χ2v) is 5.22. The lowest BCUT2D eigenvalue weighted by Gasteiger charge is -2.16. The average Bonchev–Trinajstić information content (AvgIpc) is 3.14. The van der Waals surface area contributed by atoms with Crippen LogP contribution in [0.5, 0.6) is 0 Å². The van der Waals surface area contributed by atoms with E-state index in [2.05, 4.69) is 27.6 Å². The van der Waals surface area contributed by atoms with Gasteiger partial charge in [-0.3, -0.25) is 4.79 Å². The third-order valence-corrected chi connectivity index (χ3v) is 3.69. The van der Waals surface area contributed by atoms with Gasteiger partial charge < -0.3 is 14.4 Å². The quantitative estimate of drug-likeness (QED) is 0.873. The van der Waals surface area contributed by atoms with Crippen LogP contribution in [0, 0.1) is 5.92 Å². The first-order valence-corrected chi connectivity index (χ1v) is 7.11. The fourth-order valence-corrected chi connectivity index (χ4v) is 2.46. The zero-order valence-electron chi connectivity index (χ0n) is 12.0. The Morgan fingerprint density at radius 1 is 1.52 bits per heavy atom. The normalized spacial score (nSPS) is 17.9. The fraction of sp³-hybridized carbons (Fsp3) is 0.400. The van der Waals surface area contributed by atoms with E-state index in [0.717, 1.165) is 25.0 Å². The van der Waals surface area contributed by atoms with Gasteiger partial charge in [0.05, 0.1) is 12.2 Å². The lowest BCUT2D eigenvalue weighted by Crippen LogP contribution is -2.30. The van der Waals surface area contributed by atoms with Crippen molar-refractivity contribution >= 4 is 5.91 Å². The highest BCUT2D eigenvalue weighted by Crippen LogP contribution is 2.18. The Labute approximate surface area is 122 Å². The molecule has 0 radical (unpaired) electrons. The third kappa shape index (κ3) is 3.04. The van der Waals surface area contributed by atoms with Crippen LogP contribution in [-0.2, 0) is 18.4 Å². The van der Waals surface area contributed by atoms with Crippen molar-refractivity contribution < 1.29 is 9.32 Å². The SMILES string of the molecule is Cn1cccc1-c1noc(CNC(=O)C2CC=CCC2)n1. The van der Waals surface area contributed by atoms with E-state index >= 15 is 0 Å². The maximum absolute atomic E-state index is 12.0. The molecule has 2 aromatic heterocycles. The number of allylic oxidation sites excluding steroid dienone is 2. The Bertz CT molecular complexity index is 656. The molecule has 1 unspecified atom stereocenters. The first-order valence-electron chi connectivity index (χ1n) is 7.11. The molecule has 2 aromatic rings. The standard InChI is InChI=1S/C15H18N4O2/c1-19-9-5-8-12(19)14-17-13(21-18-14)10-16-15(20)11-6-3-2-4-7-11/h2-3,5,8-9,11H,4,6-7,10H2,1H3,(H,16,20). The van der Waals surface area contributed by atoms with E-state index in [4.69, 9.17) is 4.52 Å². The summed E-state index contributed by atoms with van der Waals surface area (Å²) in [7, 11) is 1.92. The summed E-state index contributed by atoms with van der Waals surface area (Å²) in [5.74, 6) is 1.07. The minimum absolute atomic E-state index is 0.0537. The zero-order valence-corrected chi connectivity index (χ0v) is 12.0. The Morgan fingerprint density at radius 3 is 3.14 bits per heavy atom. The molecular formula is C15H18N4O2. The lowest BCUT2D eigenvalue weighted by molar-refractivity contribution is -0.125. The van der Waals surface area contributed by atoms with Crippen LogP contribution < -0.4 is 5.32 Å². The van der Waals surface area contributed by atoms with Crippen molar-refractivity contribution in [3.63, 3.8) is 0 Å².